The van der Waals surface area contributed by atoms with Gasteiger partial charge in [0.15, 0.2) is 27.7 Å². The number of anilines is 3. The number of ether oxygens (including phenoxy) is 1. The fourth-order valence-corrected chi connectivity index (χ4v) is 5.14. The van der Waals surface area contributed by atoms with E-state index in [0.29, 0.717) is 41.1 Å². The monoisotopic (exact) mass is 560 g/mol. The minimum Gasteiger partial charge on any atom is -0.495 e. The molecule has 0 saturated carbocycles. The van der Waals surface area contributed by atoms with Crippen molar-refractivity contribution in [2.24, 2.45) is 7.05 Å². The summed E-state index contributed by atoms with van der Waals surface area (Å²) in [5.74, 6) is 0.906. The molecule has 38 heavy (non-hydrogen) atoms. The zero-order chi connectivity index (χ0) is 27.3. The molecular formula is C24H28N6O6S2. The van der Waals surface area contributed by atoms with E-state index in [1.165, 1.54) is 17.9 Å². The summed E-state index contributed by atoms with van der Waals surface area (Å²) >= 11 is -2.03. The molecule has 0 spiro atoms. The first-order valence-electron chi connectivity index (χ1n) is 11.6. The molecule has 2 aromatic heterocycles. The van der Waals surface area contributed by atoms with Gasteiger partial charge in [0.05, 0.1) is 29.6 Å². The number of aliphatic hydroxyl groups excluding tert-OH is 1. The summed E-state index contributed by atoms with van der Waals surface area (Å²) in [6.45, 7) is 0.0806. The Labute approximate surface area is 222 Å². The molecule has 0 aliphatic rings. The Kier molecular flexibility index (Phi) is 8.56. The average Bonchev–Trinajstić information content (AvgIpc) is 3.28. The van der Waals surface area contributed by atoms with Crippen LogP contribution in [0.15, 0.2) is 53.7 Å². The van der Waals surface area contributed by atoms with Crippen LogP contribution in [0.2, 0.25) is 0 Å². The second-order valence-corrected chi connectivity index (χ2v) is 11.1. The topological polar surface area (TPSA) is 169 Å². The van der Waals surface area contributed by atoms with Gasteiger partial charge in [-0.15, -0.1) is 0 Å². The van der Waals surface area contributed by atoms with E-state index in [4.69, 9.17) is 14.4 Å². The third-order valence-corrected chi connectivity index (χ3v) is 7.43. The highest BCUT2D eigenvalue weighted by molar-refractivity contribution is 7.92. The molecule has 1 unspecified atom stereocenters. The minimum atomic E-state index is -4.19. The lowest BCUT2D eigenvalue weighted by molar-refractivity contribution is 0.288. The van der Waals surface area contributed by atoms with E-state index in [-0.39, 0.29) is 35.4 Å². The quantitative estimate of drug-likeness (QED) is 0.189. The summed E-state index contributed by atoms with van der Waals surface area (Å²) in [5.41, 5.74) is 2.55. The molecule has 1 atom stereocenters. The lowest BCUT2D eigenvalue weighted by Gasteiger charge is -2.16. The molecule has 0 fully saturated rings. The Balaban J connectivity index is 1.70. The number of nitrogens with one attached hydrogen (secondary N) is 2. The number of benzene rings is 2. The first-order chi connectivity index (χ1) is 18.2. The van der Waals surface area contributed by atoms with Crippen LogP contribution < -0.4 is 14.8 Å². The third kappa shape index (κ3) is 6.45. The molecule has 12 nitrogen and oxygen atoms in total. The van der Waals surface area contributed by atoms with Crippen molar-refractivity contribution in [1.29, 1.82) is 0 Å². The molecule has 0 radical (unpaired) electrons. The van der Waals surface area contributed by atoms with Gasteiger partial charge < -0.3 is 24.3 Å². The Bertz CT molecular complexity index is 1570. The largest absolute Gasteiger partial charge is 0.495 e. The van der Waals surface area contributed by atoms with E-state index < -0.39 is 21.1 Å². The van der Waals surface area contributed by atoms with Gasteiger partial charge in [-0.1, -0.05) is 18.2 Å². The number of aliphatic hydroxyl groups is 1. The van der Waals surface area contributed by atoms with Gasteiger partial charge in [0.2, 0.25) is 0 Å². The zero-order valence-corrected chi connectivity index (χ0v) is 22.4. The number of hydrogen-bond donors (Lipinski definition) is 4. The Hall–Kier alpha value is -3.59. The maximum atomic E-state index is 13.3. The highest BCUT2D eigenvalue weighted by atomic mass is 32.2. The van der Waals surface area contributed by atoms with Crippen molar-refractivity contribution in [2.45, 2.75) is 24.3 Å². The molecule has 4 N–H and O–H groups in total. The first kappa shape index (κ1) is 27.4. The number of rotatable bonds is 12. The number of sulfonamides is 1. The highest BCUT2D eigenvalue weighted by Crippen LogP contribution is 2.32. The van der Waals surface area contributed by atoms with Crippen LogP contribution in [0.4, 0.5) is 17.3 Å². The van der Waals surface area contributed by atoms with E-state index in [2.05, 4.69) is 25.0 Å². The average molecular weight is 561 g/mol. The second kappa shape index (κ2) is 11.9. The van der Waals surface area contributed by atoms with Gasteiger partial charge in [-0.05, 0) is 42.7 Å². The lowest BCUT2D eigenvalue weighted by atomic mass is 10.1. The normalized spacial score (nSPS) is 12.4. The molecule has 0 saturated heterocycles. The minimum absolute atomic E-state index is 0.0428. The van der Waals surface area contributed by atoms with Crippen LogP contribution >= 0.6 is 0 Å². The third-order valence-electron chi connectivity index (χ3n) is 5.67. The lowest BCUT2D eigenvalue weighted by Crippen LogP contribution is -2.16. The van der Waals surface area contributed by atoms with Crippen molar-refractivity contribution < 1.29 is 27.0 Å². The number of aromatic nitrogens is 4. The maximum absolute atomic E-state index is 13.3. The van der Waals surface area contributed by atoms with Gasteiger partial charge in [-0.25, -0.2) is 19.2 Å². The number of aryl methyl sites for hydroxylation is 3. The predicted molar refractivity (Wildman–Crippen MR) is 145 cm³/mol. The number of imidazole rings is 1. The van der Waals surface area contributed by atoms with Crippen LogP contribution in [0.5, 0.6) is 5.75 Å². The summed E-state index contributed by atoms with van der Waals surface area (Å²) in [5, 5.41) is 12.0. The molecular weight excluding hydrogens is 532 g/mol. The Morgan fingerprint density at radius 1 is 1.05 bits per heavy atom. The zero-order valence-electron chi connectivity index (χ0n) is 20.8. The van der Waals surface area contributed by atoms with Crippen molar-refractivity contribution in [3.63, 3.8) is 0 Å². The summed E-state index contributed by atoms with van der Waals surface area (Å²) in [7, 11) is -1.05. The van der Waals surface area contributed by atoms with Crippen molar-refractivity contribution in [3.8, 4) is 5.75 Å². The van der Waals surface area contributed by atoms with Gasteiger partial charge in [0, 0.05) is 26.3 Å². The second-order valence-electron chi connectivity index (χ2n) is 8.38. The van der Waals surface area contributed by atoms with Crippen molar-refractivity contribution in [3.05, 3.63) is 60.0 Å². The molecule has 2 heterocycles. The van der Waals surface area contributed by atoms with E-state index in [1.807, 2.05) is 12.1 Å². The summed E-state index contributed by atoms with van der Waals surface area (Å²) in [4.78, 5) is 13.2. The Morgan fingerprint density at radius 2 is 1.76 bits per heavy atom. The van der Waals surface area contributed by atoms with E-state index in [1.54, 1.807) is 37.4 Å². The maximum Gasteiger partial charge on any atom is 0.282 e. The molecule has 0 aliphatic carbocycles. The van der Waals surface area contributed by atoms with Crippen LogP contribution in [-0.4, -0.2) is 61.3 Å². The molecule has 0 aliphatic heterocycles. The van der Waals surface area contributed by atoms with Crippen LogP contribution in [0, 0.1) is 0 Å². The number of methoxy groups -OCH3 is 1. The number of fused-ring (bicyclic) bond motifs is 1. The van der Waals surface area contributed by atoms with Crippen molar-refractivity contribution in [2.75, 3.05) is 29.5 Å². The van der Waals surface area contributed by atoms with Gasteiger partial charge in [-0.2, -0.15) is 8.42 Å². The van der Waals surface area contributed by atoms with E-state index in [0.717, 1.165) is 5.56 Å². The molecule has 202 valence electrons. The standard InChI is InChI=1S/C24H28N6O6S2/c1-30-15-22(28-21(30)11-13-37(32)33)38(34,35)29-24-23(25-17-7-3-4-8-18(17)26-24)27-19-10-9-16(6-5-12-31)14-20(19)36-2/h3-4,7-10,14-15,31H,5-6,11-13H2,1-2H3,(H,25,27)(H,26,29)(H,32,33). The van der Waals surface area contributed by atoms with E-state index in [9.17, 15) is 12.6 Å². The molecule has 4 aromatic rings. The molecule has 4 rings (SSSR count). The molecule has 0 bridgehead atoms. The van der Waals surface area contributed by atoms with Crippen LogP contribution in [0.1, 0.15) is 17.8 Å². The van der Waals surface area contributed by atoms with Gasteiger partial charge >= 0.3 is 0 Å². The fourth-order valence-electron chi connectivity index (χ4n) is 3.76. The van der Waals surface area contributed by atoms with Gasteiger partial charge in [0.1, 0.15) is 11.6 Å². The predicted octanol–water partition coefficient (Wildman–Crippen LogP) is 2.61. The Morgan fingerprint density at radius 3 is 2.42 bits per heavy atom. The van der Waals surface area contributed by atoms with Crippen molar-refractivity contribution >= 4 is 49.5 Å². The highest BCUT2D eigenvalue weighted by Gasteiger charge is 2.23. The smallest absolute Gasteiger partial charge is 0.282 e. The van der Waals surface area contributed by atoms with Crippen LogP contribution in [0.3, 0.4) is 0 Å². The van der Waals surface area contributed by atoms with E-state index >= 15 is 0 Å². The summed E-state index contributed by atoms with van der Waals surface area (Å²) < 4.78 is 56.2. The molecule has 2 aromatic carbocycles. The summed E-state index contributed by atoms with van der Waals surface area (Å²) in [6.07, 6.45) is 2.75. The fraction of sp³-hybridized carbons (Fsp3) is 0.292. The number of hydrogen-bond acceptors (Lipinski definition) is 9. The van der Waals surface area contributed by atoms with Crippen molar-refractivity contribution in [1.82, 2.24) is 19.5 Å². The van der Waals surface area contributed by atoms with Crippen LogP contribution in [0.25, 0.3) is 11.0 Å². The number of nitrogens with zero attached hydrogens (tertiary/aromatic N) is 4. The molecule has 14 heteroatoms. The molecule has 0 amide bonds. The number of para-hydroxylation sites is 2. The van der Waals surface area contributed by atoms with Gasteiger partial charge in [-0.3, -0.25) is 4.72 Å². The van der Waals surface area contributed by atoms with Crippen LogP contribution in [-0.2, 0) is 41.0 Å². The SMILES string of the molecule is COc1cc(CCCO)ccc1Nc1nc2ccccc2nc1NS(=O)(=O)c1cn(C)c(CCS(=O)O)n1. The first-order valence-corrected chi connectivity index (χ1v) is 14.4. The van der Waals surface area contributed by atoms with Gasteiger partial charge in [0.25, 0.3) is 10.0 Å². The summed E-state index contributed by atoms with van der Waals surface area (Å²) in [6, 6.07) is 12.6.